The van der Waals surface area contributed by atoms with Crippen molar-refractivity contribution in [2.45, 2.75) is 22.1 Å². The topological polar surface area (TPSA) is 197 Å². The zero-order valence-electron chi connectivity index (χ0n) is 31.0. The largest absolute Gasteiger partial charge is 0.457 e. The number of hydrogen-bond donors (Lipinski definition) is 4. The summed E-state index contributed by atoms with van der Waals surface area (Å²) in [5.41, 5.74) is -2.86. The molecule has 0 radical (unpaired) electrons. The third-order valence-electron chi connectivity index (χ3n) is 8.03. The SMILES string of the molecule is NS(=O)(=O)c1cccc(NC(=O)c2cc(C(F)(F)F)ccc2Oc2ccc(F)cc2)c1.NS(=O)(=O)c1cccc(NC(=O)c2ccc(C(F)(F)F)cc2Oc2ccc(F)cc2)c1. The van der Waals surface area contributed by atoms with E-state index in [-0.39, 0.29) is 44.0 Å². The summed E-state index contributed by atoms with van der Waals surface area (Å²) in [6.07, 6.45) is -9.42. The first-order valence-corrected chi connectivity index (χ1v) is 20.1. The van der Waals surface area contributed by atoms with E-state index in [0.717, 1.165) is 54.6 Å². The van der Waals surface area contributed by atoms with E-state index < -0.39 is 78.3 Å². The Morgan fingerprint density at radius 3 is 1.32 bits per heavy atom. The van der Waals surface area contributed by atoms with Gasteiger partial charge in [-0.1, -0.05) is 12.1 Å². The molecule has 2 amide bonds. The van der Waals surface area contributed by atoms with Gasteiger partial charge >= 0.3 is 12.4 Å². The summed E-state index contributed by atoms with van der Waals surface area (Å²) < 4.78 is 162. The third-order valence-corrected chi connectivity index (χ3v) is 9.85. The smallest absolute Gasteiger partial charge is 0.416 e. The highest BCUT2D eigenvalue weighted by Crippen LogP contribution is 2.37. The molecule has 6 aromatic rings. The summed E-state index contributed by atoms with van der Waals surface area (Å²) in [6.45, 7) is 0. The number of primary sulfonamides is 2. The normalized spacial score (nSPS) is 11.8. The highest BCUT2D eigenvalue weighted by Gasteiger charge is 2.33. The van der Waals surface area contributed by atoms with Crippen LogP contribution >= 0.6 is 0 Å². The van der Waals surface area contributed by atoms with E-state index in [4.69, 9.17) is 19.8 Å². The van der Waals surface area contributed by atoms with E-state index in [1.807, 2.05) is 0 Å². The second-order valence-corrected chi connectivity index (χ2v) is 15.7. The Kier molecular flexibility index (Phi) is 13.7. The van der Waals surface area contributed by atoms with Crippen LogP contribution in [0.15, 0.2) is 143 Å². The van der Waals surface area contributed by atoms with Gasteiger partial charge in [0.15, 0.2) is 0 Å². The third kappa shape index (κ3) is 12.6. The summed E-state index contributed by atoms with van der Waals surface area (Å²) >= 11 is 0. The standard InChI is InChI=1S/2C20H14F4N2O4S/c21-13-5-7-15(8-6-13)30-18-9-4-12(20(22,23)24)10-17(18)19(27)26-14-2-1-3-16(11-14)31(25,28)29;21-13-5-7-15(8-6-13)30-18-10-12(20(22,23)24)4-9-17(18)19(27)26-14-2-1-3-16(11-14)31(25,28)29/h2*1-11H,(H,26,27)(H2,25,28,29). The maximum atomic E-state index is 13.2. The Bertz CT molecular complexity index is 2840. The molecule has 22 heteroatoms. The molecule has 0 aliphatic rings. The van der Waals surface area contributed by atoms with E-state index in [1.54, 1.807) is 0 Å². The zero-order chi connectivity index (χ0) is 45.6. The van der Waals surface area contributed by atoms with Crippen LogP contribution < -0.4 is 30.4 Å². The van der Waals surface area contributed by atoms with E-state index >= 15 is 0 Å². The molecule has 0 heterocycles. The van der Waals surface area contributed by atoms with Crippen LogP contribution in [0.4, 0.5) is 46.5 Å². The first-order chi connectivity index (χ1) is 28.9. The molecule has 6 rings (SSSR count). The van der Waals surface area contributed by atoms with Crippen molar-refractivity contribution in [2.75, 3.05) is 10.6 Å². The number of halogens is 8. The molecule has 0 saturated carbocycles. The number of ether oxygens (including phenoxy) is 2. The summed E-state index contributed by atoms with van der Waals surface area (Å²) in [6, 6.07) is 23.5. The average Bonchev–Trinajstić information content (AvgIpc) is 3.19. The lowest BCUT2D eigenvalue weighted by Crippen LogP contribution is -2.16. The molecule has 6 N–H and O–H groups in total. The van der Waals surface area contributed by atoms with Gasteiger partial charge < -0.3 is 20.1 Å². The Morgan fingerprint density at radius 2 is 0.887 bits per heavy atom. The molecule has 0 aliphatic carbocycles. The fraction of sp³-hybridized carbons (Fsp3) is 0.0500. The molecule has 0 spiro atoms. The molecule has 0 fully saturated rings. The first kappa shape index (κ1) is 46.2. The molecule has 0 aromatic heterocycles. The number of carbonyl (C=O) groups excluding carboxylic acids is 2. The lowest BCUT2D eigenvalue weighted by molar-refractivity contribution is -0.138. The molecule has 12 nitrogen and oxygen atoms in total. The molecule has 324 valence electrons. The number of hydrogen-bond acceptors (Lipinski definition) is 8. The van der Waals surface area contributed by atoms with Gasteiger partial charge in [0, 0.05) is 11.4 Å². The maximum Gasteiger partial charge on any atom is 0.416 e. The van der Waals surface area contributed by atoms with Crippen molar-refractivity contribution in [3.8, 4) is 23.0 Å². The van der Waals surface area contributed by atoms with Crippen molar-refractivity contribution in [1.29, 1.82) is 0 Å². The molecule has 0 unspecified atom stereocenters. The molecule has 0 atom stereocenters. The fourth-order valence-corrected chi connectivity index (χ4v) is 6.22. The highest BCUT2D eigenvalue weighted by atomic mass is 32.2. The number of nitrogens with two attached hydrogens (primary N) is 2. The summed E-state index contributed by atoms with van der Waals surface area (Å²) in [7, 11) is -8.09. The zero-order valence-corrected chi connectivity index (χ0v) is 32.6. The van der Waals surface area contributed by atoms with Crippen LogP contribution in [0.2, 0.25) is 0 Å². The van der Waals surface area contributed by atoms with Crippen molar-refractivity contribution in [1.82, 2.24) is 0 Å². The van der Waals surface area contributed by atoms with Crippen LogP contribution in [0.3, 0.4) is 0 Å². The van der Waals surface area contributed by atoms with Crippen molar-refractivity contribution in [3.63, 3.8) is 0 Å². The van der Waals surface area contributed by atoms with Gasteiger partial charge in [-0.25, -0.2) is 35.9 Å². The molecule has 6 aromatic carbocycles. The molecular formula is C40H28F8N4O8S2. The molecule has 0 saturated heterocycles. The second-order valence-electron chi connectivity index (χ2n) is 12.6. The van der Waals surface area contributed by atoms with Crippen molar-refractivity contribution >= 4 is 43.2 Å². The van der Waals surface area contributed by atoms with Crippen LogP contribution in [0.1, 0.15) is 31.8 Å². The summed E-state index contributed by atoms with van der Waals surface area (Å²) in [5.74, 6) is -3.54. The lowest BCUT2D eigenvalue weighted by atomic mass is 10.1. The number of benzene rings is 6. The quantitative estimate of drug-likeness (QED) is 0.0977. The summed E-state index contributed by atoms with van der Waals surface area (Å²) in [5, 5.41) is 14.8. The molecule has 0 bridgehead atoms. The minimum atomic E-state index is -4.73. The van der Waals surface area contributed by atoms with Gasteiger partial charge in [0.2, 0.25) is 20.0 Å². The number of sulfonamides is 2. The van der Waals surface area contributed by atoms with Gasteiger partial charge in [0.05, 0.1) is 32.0 Å². The van der Waals surface area contributed by atoms with Crippen molar-refractivity contribution in [3.05, 3.63) is 167 Å². The molecule has 62 heavy (non-hydrogen) atoms. The van der Waals surface area contributed by atoms with Crippen LogP contribution in [0.5, 0.6) is 23.0 Å². The average molecular weight is 909 g/mol. The monoisotopic (exact) mass is 908 g/mol. The van der Waals surface area contributed by atoms with Crippen LogP contribution in [-0.2, 0) is 32.4 Å². The number of alkyl halides is 6. The molecule has 0 aliphatic heterocycles. The number of anilines is 2. The van der Waals surface area contributed by atoms with Crippen molar-refractivity contribution in [2.24, 2.45) is 10.3 Å². The highest BCUT2D eigenvalue weighted by molar-refractivity contribution is 7.89. The van der Waals surface area contributed by atoms with Crippen LogP contribution in [-0.4, -0.2) is 28.6 Å². The Labute approximate surface area is 346 Å². The van der Waals surface area contributed by atoms with Gasteiger partial charge in [-0.05, 0) is 121 Å². The van der Waals surface area contributed by atoms with Crippen molar-refractivity contribution < 1.29 is 71.0 Å². The number of amides is 2. The Hall–Kier alpha value is -6.88. The molecular weight excluding hydrogens is 881 g/mol. The summed E-state index contributed by atoms with van der Waals surface area (Å²) in [4.78, 5) is 24.9. The van der Waals surface area contributed by atoms with Gasteiger partial charge in [0.25, 0.3) is 11.8 Å². The fourth-order valence-electron chi connectivity index (χ4n) is 5.10. The van der Waals surface area contributed by atoms with Gasteiger partial charge in [-0.3, -0.25) is 9.59 Å². The van der Waals surface area contributed by atoms with E-state index in [2.05, 4.69) is 10.6 Å². The van der Waals surface area contributed by atoms with Gasteiger partial charge in [-0.2, -0.15) is 26.3 Å². The maximum absolute atomic E-state index is 13.2. The minimum absolute atomic E-state index is 0.00555. The van der Waals surface area contributed by atoms with Gasteiger partial charge in [0.1, 0.15) is 34.6 Å². The number of rotatable bonds is 10. The van der Waals surface area contributed by atoms with E-state index in [9.17, 15) is 61.5 Å². The second kappa shape index (κ2) is 18.4. The minimum Gasteiger partial charge on any atom is -0.457 e. The van der Waals surface area contributed by atoms with Crippen LogP contribution in [0, 0.1) is 11.6 Å². The van der Waals surface area contributed by atoms with E-state index in [0.29, 0.717) is 18.2 Å². The predicted octanol–water partition coefficient (Wildman–Crippen LogP) is 9.07. The Balaban J connectivity index is 0.000000234. The van der Waals surface area contributed by atoms with Gasteiger partial charge in [-0.15, -0.1) is 0 Å². The first-order valence-electron chi connectivity index (χ1n) is 17.0. The lowest BCUT2D eigenvalue weighted by Gasteiger charge is -2.15. The predicted molar refractivity (Wildman–Crippen MR) is 207 cm³/mol. The van der Waals surface area contributed by atoms with Crippen LogP contribution in [0.25, 0.3) is 0 Å². The number of carbonyl (C=O) groups is 2. The Morgan fingerprint density at radius 1 is 0.484 bits per heavy atom. The number of nitrogens with one attached hydrogen (secondary N) is 2. The van der Waals surface area contributed by atoms with E-state index in [1.165, 1.54) is 60.7 Å².